The number of likely N-dealkylation sites (N-methyl/N-ethyl adjacent to an activating group) is 1. The highest BCUT2D eigenvalue weighted by molar-refractivity contribution is 6.35. The number of rotatable bonds is 6. The van der Waals surface area contributed by atoms with E-state index in [9.17, 15) is 9.59 Å². The molecule has 21 heavy (non-hydrogen) atoms. The number of nitrogens with zero attached hydrogens (tertiary/aromatic N) is 1. The normalized spacial score (nSPS) is 11.9. The van der Waals surface area contributed by atoms with Crippen LogP contribution in [0.25, 0.3) is 0 Å². The van der Waals surface area contributed by atoms with Gasteiger partial charge in [-0.15, -0.1) is 0 Å². The van der Waals surface area contributed by atoms with Crippen molar-refractivity contribution in [1.82, 2.24) is 10.2 Å². The van der Waals surface area contributed by atoms with Gasteiger partial charge in [0.05, 0.1) is 0 Å². The zero-order valence-corrected chi connectivity index (χ0v) is 14.0. The molecule has 1 aromatic carbocycles. The minimum atomic E-state index is -0.505. The van der Waals surface area contributed by atoms with E-state index in [-0.39, 0.29) is 18.4 Å². The zero-order chi connectivity index (χ0) is 16.0. The summed E-state index contributed by atoms with van der Waals surface area (Å²) in [6.07, 6.45) is 0.870. The lowest BCUT2D eigenvalue weighted by Crippen LogP contribution is -2.48. The predicted octanol–water partition coefficient (Wildman–Crippen LogP) is 3.26. The average molecular weight is 331 g/mol. The van der Waals surface area contributed by atoms with E-state index in [0.717, 1.165) is 5.56 Å². The van der Waals surface area contributed by atoms with Gasteiger partial charge in [0.25, 0.3) is 0 Å². The van der Waals surface area contributed by atoms with Gasteiger partial charge in [-0.3, -0.25) is 9.59 Å². The topological polar surface area (TPSA) is 49.4 Å². The molecule has 2 amide bonds. The summed E-state index contributed by atoms with van der Waals surface area (Å²) in [4.78, 5) is 25.7. The largest absolute Gasteiger partial charge is 0.357 e. The summed E-state index contributed by atoms with van der Waals surface area (Å²) in [7, 11) is 1.56. The van der Waals surface area contributed by atoms with E-state index in [1.54, 1.807) is 37.1 Å². The molecule has 0 saturated heterocycles. The highest BCUT2D eigenvalue weighted by Gasteiger charge is 2.27. The minimum Gasteiger partial charge on any atom is -0.357 e. The average Bonchev–Trinajstić information content (AvgIpc) is 2.47. The summed E-state index contributed by atoms with van der Waals surface area (Å²) in [6, 6.07) is 4.62. The van der Waals surface area contributed by atoms with Gasteiger partial charge < -0.3 is 10.2 Å². The predicted molar refractivity (Wildman–Crippen MR) is 85.4 cm³/mol. The van der Waals surface area contributed by atoms with E-state index in [1.807, 2.05) is 6.92 Å². The number of carbonyl (C=O) groups is 2. The van der Waals surface area contributed by atoms with Crippen LogP contribution in [-0.2, 0) is 16.1 Å². The second kappa shape index (κ2) is 8.25. The van der Waals surface area contributed by atoms with E-state index < -0.39 is 6.04 Å². The van der Waals surface area contributed by atoms with Crippen molar-refractivity contribution >= 4 is 35.0 Å². The fourth-order valence-corrected chi connectivity index (χ4v) is 2.59. The van der Waals surface area contributed by atoms with Crippen LogP contribution in [0.1, 0.15) is 32.3 Å². The Morgan fingerprint density at radius 3 is 2.43 bits per heavy atom. The minimum absolute atomic E-state index is 0.0866. The van der Waals surface area contributed by atoms with E-state index in [1.165, 1.54) is 0 Å². The molecule has 0 aliphatic heterocycles. The third kappa shape index (κ3) is 4.61. The molecule has 0 spiro atoms. The van der Waals surface area contributed by atoms with Crippen molar-refractivity contribution in [2.45, 2.75) is 39.3 Å². The van der Waals surface area contributed by atoms with Gasteiger partial charge in [-0.25, -0.2) is 0 Å². The molecule has 6 heteroatoms. The SMILES string of the molecule is CCC(=O)N(Cc1ccc(Cl)cc1Cl)C(CC)C(=O)NC. The number of benzene rings is 1. The smallest absolute Gasteiger partial charge is 0.242 e. The lowest BCUT2D eigenvalue weighted by atomic mass is 10.1. The van der Waals surface area contributed by atoms with Crippen molar-refractivity contribution in [3.05, 3.63) is 33.8 Å². The Morgan fingerprint density at radius 1 is 1.29 bits per heavy atom. The molecule has 1 aromatic rings. The van der Waals surface area contributed by atoms with Gasteiger partial charge in [0.1, 0.15) is 6.04 Å². The van der Waals surface area contributed by atoms with Gasteiger partial charge in [-0.2, -0.15) is 0 Å². The molecule has 0 fully saturated rings. The van der Waals surface area contributed by atoms with Gasteiger partial charge in [0, 0.05) is 30.1 Å². The maximum Gasteiger partial charge on any atom is 0.242 e. The van der Waals surface area contributed by atoms with Crippen molar-refractivity contribution in [2.75, 3.05) is 7.05 Å². The van der Waals surface area contributed by atoms with Gasteiger partial charge in [0.2, 0.25) is 11.8 Å². The molecule has 1 atom stereocenters. The second-order valence-corrected chi connectivity index (χ2v) is 5.49. The highest BCUT2D eigenvalue weighted by atomic mass is 35.5. The third-order valence-electron chi connectivity index (χ3n) is 3.29. The van der Waals surface area contributed by atoms with Crippen LogP contribution in [0.5, 0.6) is 0 Å². The fourth-order valence-electron chi connectivity index (χ4n) is 2.12. The summed E-state index contributed by atoms with van der Waals surface area (Å²) in [5.74, 6) is -0.263. The molecule has 0 bridgehead atoms. The first-order valence-electron chi connectivity index (χ1n) is 6.89. The third-order valence-corrected chi connectivity index (χ3v) is 3.88. The first-order chi connectivity index (χ1) is 9.94. The Labute approximate surface area is 135 Å². The van der Waals surface area contributed by atoms with Crippen molar-refractivity contribution in [2.24, 2.45) is 0 Å². The summed E-state index contributed by atoms with van der Waals surface area (Å²) >= 11 is 12.0. The maximum atomic E-state index is 12.2. The molecule has 1 N–H and O–H groups in total. The number of hydrogen-bond acceptors (Lipinski definition) is 2. The summed E-state index contributed by atoms with van der Waals surface area (Å²) < 4.78 is 0. The Morgan fingerprint density at radius 2 is 1.95 bits per heavy atom. The summed E-state index contributed by atoms with van der Waals surface area (Å²) in [5, 5.41) is 3.62. The zero-order valence-electron chi connectivity index (χ0n) is 12.5. The number of carbonyl (C=O) groups excluding carboxylic acids is 2. The van der Waals surface area contributed by atoms with Crippen molar-refractivity contribution in [1.29, 1.82) is 0 Å². The van der Waals surface area contributed by atoms with Crippen LogP contribution in [0.2, 0.25) is 10.0 Å². The molecule has 0 heterocycles. The molecule has 0 aliphatic carbocycles. The van der Waals surface area contributed by atoms with Crippen LogP contribution < -0.4 is 5.32 Å². The number of halogens is 2. The van der Waals surface area contributed by atoms with Crippen LogP contribution in [-0.4, -0.2) is 29.8 Å². The Bertz CT molecular complexity index is 520. The molecule has 1 rings (SSSR count). The van der Waals surface area contributed by atoms with Gasteiger partial charge in [0.15, 0.2) is 0 Å². The molecule has 116 valence electrons. The van der Waals surface area contributed by atoms with Gasteiger partial charge in [-0.05, 0) is 24.1 Å². The van der Waals surface area contributed by atoms with Crippen LogP contribution >= 0.6 is 23.2 Å². The molecule has 0 aromatic heterocycles. The van der Waals surface area contributed by atoms with Gasteiger partial charge in [-0.1, -0.05) is 43.1 Å². The first kappa shape index (κ1) is 17.8. The van der Waals surface area contributed by atoms with Crippen molar-refractivity contribution < 1.29 is 9.59 Å². The van der Waals surface area contributed by atoms with Crippen LogP contribution in [0.3, 0.4) is 0 Å². The molecule has 0 aliphatic rings. The highest BCUT2D eigenvalue weighted by Crippen LogP contribution is 2.23. The summed E-state index contributed by atoms with van der Waals surface area (Å²) in [6.45, 7) is 3.93. The number of nitrogens with one attached hydrogen (secondary N) is 1. The summed E-state index contributed by atoms with van der Waals surface area (Å²) in [5.41, 5.74) is 0.769. The Kier molecular flexibility index (Phi) is 6.99. The number of amides is 2. The molecule has 0 radical (unpaired) electrons. The molecular weight excluding hydrogens is 311 g/mol. The number of hydrogen-bond donors (Lipinski definition) is 1. The van der Waals surface area contributed by atoms with E-state index >= 15 is 0 Å². The molecule has 0 saturated carbocycles. The second-order valence-electron chi connectivity index (χ2n) is 4.65. The Balaban J connectivity index is 3.08. The molecular formula is C15H20Cl2N2O2. The van der Waals surface area contributed by atoms with Gasteiger partial charge >= 0.3 is 0 Å². The lowest BCUT2D eigenvalue weighted by molar-refractivity contribution is -0.141. The first-order valence-corrected chi connectivity index (χ1v) is 7.65. The van der Waals surface area contributed by atoms with E-state index in [2.05, 4.69) is 5.32 Å². The molecule has 4 nitrogen and oxygen atoms in total. The van der Waals surface area contributed by atoms with Crippen molar-refractivity contribution in [3.8, 4) is 0 Å². The molecule has 1 unspecified atom stereocenters. The Hall–Kier alpha value is -1.26. The monoisotopic (exact) mass is 330 g/mol. The lowest BCUT2D eigenvalue weighted by Gasteiger charge is -2.30. The van der Waals surface area contributed by atoms with Crippen molar-refractivity contribution in [3.63, 3.8) is 0 Å². The van der Waals surface area contributed by atoms with Crippen LogP contribution in [0.15, 0.2) is 18.2 Å². The quantitative estimate of drug-likeness (QED) is 0.870. The van der Waals surface area contributed by atoms with E-state index in [4.69, 9.17) is 23.2 Å². The van der Waals surface area contributed by atoms with Crippen LogP contribution in [0.4, 0.5) is 0 Å². The standard InChI is InChI=1S/C15H20Cl2N2O2/c1-4-13(15(21)18-3)19(14(20)5-2)9-10-6-7-11(16)8-12(10)17/h6-8,13H,4-5,9H2,1-3H3,(H,18,21). The maximum absolute atomic E-state index is 12.2. The van der Waals surface area contributed by atoms with E-state index in [0.29, 0.717) is 22.9 Å². The fraction of sp³-hybridized carbons (Fsp3) is 0.467. The van der Waals surface area contributed by atoms with Crippen LogP contribution in [0, 0.1) is 0 Å².